The highest BCUT2D eigenvalue weighted by atomic mass is 35.5. The van der Waals surface area contributed by atoms with Crippen LogP contribution in [-0.4, -0.2) is 66.2 Å². The van der Waals surface area contributed by atoms with E-state index in [1.807, 2.05) is 13.0 Å². The molecule has 2 amide bonds. The number of halogens is 5. The standard InChI is InChI=1S/C29H33ClF4N2O4/c1-17-10-23(4-5-25(17)26(37)35(2)3)40-24-12-19(13-24)11-18-6-8-36(9-7-18)27(38)28(39,29(32,33)34)20-14-21(30)16-22(31)15-20/h4-5,10,14-16,18-19,24,39H,6-9,11-13H2,1-3H3. The molecule has 6 nitrogen and oxygen atoms in total. The molecule has 1 atom stereocenters. The summed E-state index contributed by atoms with van der Waals surface area (Å²) in [6.45, 7) is 2.00. The Kier molecular flexibility index (Phi) is 8.71. The van der Waals surface area contributed by atoms with Crippen LogP contribution in [0.4, 0.5) is 17.6 Å². The molecule has 1 saturated heterocycles. The SMILES string of the molecule is Cc1cc(OC2CC(CC3CCN(C(=O)C(O)(c4cc(F)cc(Cl)c4)C(F)(F)F)CC3)C2)ccc1C(=O)N(C)C. The zero-order valence-electron chi connectivity index (χ0n) is 22.6. The fraction of sp³-hybridized carbons (Fsp3) is 0.517. The zero-order valence-corrected chi connectivity index (χ0v) is 23.4. The average molecular weight is 585 g/mol. The molecule has 0 bridgehead atoms. The highest BCUT2D eigenvalue weighted by Crippen LogP contribution is 2.43. The lowest BCUT2D eigenvalue weighted by atomic mass is 9.74. The Balaban J connectivity index is 1.28. The van der Waals surface area contributed by atoms with Crippen molar-refractivity contribution in [3.63, 3.8) is 0 Å². The third-order valence-electron chi connectivity index (χ3n) is 7.90. The summed E-state index contributed by atoms with van der Waals surface area (Å²) in [7, 11) is 3.40. The predicted molar refractivity (Wildman–Crippen MR) is 142 cm³/mol. The van der Waals surface area contributed by atoms with Crippen molar-refractivity contribution in [1.82, 2.24) is 9.80 Å². The van der Waals surface area contributed by atoms with Crippen molar-refractivity contribution < 1.29 is 37.0 Å². The van der Waals surface area contributed by atoms with Crippen LogP contribution in [0.2, 0.25) is 5.02 Å². The monoisotopic (exact) mass is 584 g/mol. The van der Waals surface area contributed by atoms with E-state index >= 15 is 0 Å². The van der Waals surface area contributed by atoms with Gasteiger partial charge < -0.3 is 19.6 Å². The van der Waals surface area contributed by atoms with Crippen molar-refractivity contribution in [3.8, 4) is 5.75 Å². The van der Waals surface area contributed by atoms with Gasteiger partial charge in [-0.3, -0.25) is 9.59 Å². The first-order chi connectivity index (χ1) is 18.7. The number of amides is 2. The fourth-order valence-corrected chi connectivity index (χ4v) is 5.81. The second-order valence-corrected chi connectivity index (χ2v) is 11.5. The molecule has 1 saturated carbocycles. The van der Waals surface area contributed by atoms with E-state index in [2.05, 4.69) is 0 Å². The Morgan fingerprint density at radius 2 is 1.73 bits per heavy atom. The molecular weight excluding hydrogens is 552 g/mol. The molecular formula is C29H33ClF4N2O4. The second-order valence-electron chi connectivity index (χ2n) is 11.1. The van der Waals surface area contributed by atoms with Crippen LogP contribution < -0.4 is 4.74 Å². The Hall–Kier alpha value is -2.85. The van der Waals surface area contributed by atoms with Gasteiger partial charge in [0.05, 0.1) is 6.10 Å². The number of likely N-dealkylation sites (tertiary alicyclic amines) is 1. The van der Waals surface area contributed by atoms with Crippen LogP contribution in [0.1, 0.15) is 53.6 Å². The molecule has 4 rings (SSSR count). The molecule has 0 aromatic heterocycles. The lowest BCUT2D eigenvalue weighted by molar-refractivity contribution is -0.262. The van der Waals surface area contributed by atoms with Gasteiger partial charge in [0.25, 0.3) is 17.4 Å². The third-order valence-corrected chi connectivity index (χ3v) is 8.12. The number of rotatable bonds is 7. The Bertz CT molecular complexity index is 1240. The van der Waals surface area contributed by atoms with Crippen LogP contribution in [0, 0.1) is 24.6 Å². The summed E-state index contributed by atoms with van der Waals surface area (Å²) in [5.41, 5.74) is -3.36. The predicted octanol–water partition coefficient (Wildman–Crippen LogP) is 5.73. The van der Waals surface area contributed by atoms with E-state index in [-0.39, 0.29) is 36.0 Å². The number of hydrogen-bond donors (Lipinski definition) is 1. The van der Waals surface area contributed by atoms with Gasteiger partial charge in [0.15, 0.2) is 0 Å². The third kappa shape index (κ3) is 6.22. The van der Waals surface area contributed by atoms with Crippen LogP contribution in [0.5, 0.6) is 5.75 Å². The first kappa shape index (κ1) is 30.1. The highest BCUT2D eigenvalue weighted by molar-refractivity contribution is 6.30. The molecule has 2 aromatic carbocycles. The van der Waals surface area contributed by atoms with Gasteiger partial charge in [-0.1, -0.05) is 11.6 Å². The Morgan fingerprint density at radius 3 is 2.27 bits per heavy atom. The maximum atomic E-state index is 14.0. The van der Waals surface area contributed by atoms with E-state index < -0.39 is 29.1 Å². The zero-order chi connectivity index (χ0) is 29.4. The van der Waals surface area contributed by atoms with Gasteiger partial charge in [0, 0.05) is 43.3 Å². The molecule has 40 heavy (non-hydrogen) atoms. The van der Waals surface area contributed by atoms with E-state index in [0.29, 0.717) is 36.1 Å². The molecule has 1 unspecified atom stereocenters. The Morgan fingerprint density at radius 1 is 1.07 bits per heavy atom. The number of aliphatic hydroxyl groups is 1. The van der Waals surface area contributed by atoms with Crippen molar-refractivity contribution in [1.29, 1.82) is 0 Å². The van der Waals surface area contributed by atoms with E-state index in [9.17, 15) is 32.3 Å². The number of ether oxygens (including phenoxy) is 1. The minimum Gasteiger partial charge on any atom is -0.490 e. The summed E-state index contributed by atoms with van der Waals surface area (Å²) in [6.07, 6.45) is -1.71. The molecule has 0 spiro atoms. The number of carbonyl (C=O) groups is 2. The summed E-state index contributed by atoms with van der Waals surface area (Å²) in [5.74, 6) is -1.32. The van der Waals surface area contributed by atoms with Crippen molar-refractivity contribution in [2.24, 2.45) is 11.8 Å². The summed E-state index contributed by atoms with van der Waals surface area (Å²) < 4.78 is 61.8. The van der Waals surface area contributed by atoms with E-state index in [1.165, 1.54) is 4.90 Å². The number of benzene rings is 2. The van der Waals surface area contributed by atoms with Crippen LogP contribution in [0.25, 0.3) is 0 Å². The minimum absolute atomic E-state index is 0.0568. The van der Waals surface area contributed by atoms with Gasteiger partial charge in [0.2, 0.25) is 0 Å². The first-order valence-corrected chi connectivity index (χ1v) is 13.6. The number of carbonyl (C=O) groups excluding carboxylic acids is 2. The molecule has 1 N–H and O–H groups in total. The van der Waals surface area contributed by atoms with E-state index in [4.69, 9.17) is 16.3 Å². The molecule has 1 heterocycles. The van der Waals surface area contributed by atoms with Gasteiger partial charge >= 0.3 is 6.18 Å². The lowest BCUT2D eigenvalue weighted by Crippen LogP contribution is -2.57. The van der Waals surface area contributed by atoms with Crippen molar-refractivity contribution in [3.05, 3.63) is 63.9 Å². The quantitative estimate of drug-likeness (QED) is 0.422. The molecule has 1 aliphatic heterocycles. The summed E-state index contributed by atoms with van der Waals surface area (Å²) in [5, 5.41) is 10.3. The highest BCUT2D eigenvalue weighted by Gasteiger charge is 2.62. The lowest BCUT2D eigenvalue weighted by Gasteiger charge is -2.41. The number of hydrogen-bond acceptors (Lipinski definition) is 4. The van der Waals surface area contributed by atoms with Gasteiger partial charge in [-0.05, 0) is 92.8 Å². The van der Waals surface area contributed by atoms with E-state index in [1.54, 1.807) is 26.2 Å². The number of alkyl halides is 3. The topological polar surface area (TPSA) is 70.1 Å². The van der Waals surface area contributed by atoms with Crippen molar-refractivity contribution >= 4 is 23.4 Å². The van der Waals surface area contributed by atoms with Crippen molar-refractivity contribution in [2.75, 3.05) is 27.2 Å². The smallest absolute Gasteiger partial charge is 0.430 e. The maximum Gasteiger partial charge on any atom is 0.430 e. The molecule has 2 aliphatic rings. The normalized spacial score (nSPS) is 21.4. The van der Waals surface area contributed by atoms with Crippen LogP contribution >= 0.6 is 11.6 Å². The summed E-state index contributed by atoms with van der Waals surface area (Å²) >= 11 is 5.71. The summed E-state index contributed by atoms with van der Waals surface area (Å²) in [4.78, 5) is 27.7. The van der Waals surface area contributed by atoms with Crippen LogP contribution in [-0.2, 0) is 10.4 Å². The first-order valence-electron chi connectivity index (χ1n) is 13.2. The number of nitrogens with zero attached hydrogens (tertiary/aromatic N) is 2. The molecule has 218 valence electrons. The van der Waals surface area contributed by atoms with E-state index in [0.717, 1.165) is 41.9 Å². The maximum absolute atomic E-state index is 14.0. The molecule has 2 aromatic rings. The molecule has 0 radical (unpaired) electrons. The molecule has 11 heteroatoms. The number of aryl methyl sites for hydroxylation is 1. The number of piperidine rings is 1. The fourth-order valence-electron chi connectivity index (χ4n) is 5.59. The van der Waals surface area contributed by atoms with Gasteiger partial charge in [0.1, 0.15) is 11.6 Å². The van der Waals surface area contributed by atoms with Crippen LogP contribution in [0.15, 0.2) is 36.4 Å². The Labute approximate surface area is 235 Å². The summed E-state index contributed by atoms with van der Waals surface area (Å²) in [6, 6.07) is 7.47. The molecule has 1 aliphatic carbocycles. The van der Waals surface area contributed by atoms with Crippen molar-refractivity contribution in [2.45, 2.75) is 56.9 Å². The second kappa shape index (κ2) is 11.6. The van der Waals surface area contributed by atoms with Gasteiger partial charge in [-0.15, -0.1) is 0 Å². The van der Waals surface area contributed by atoms with Gasteiger partial charge in [-0.25, -0.2) is 4.39 Å². The van der Waals surface area contributed by atoms with Crippen LogP contribution in [0.3, 0.4) is 0 Å². The largest absolute Gasteiger partial charge is 0.490 e. The van der Waals surface area contributed by atoms with Gasteiger partial charge in [-0.2, -0.15) is 13.2 Å². The molecule has 2 fully saturated rings. The minimum atomic E-state index is -5.36. The average Bonchev–Trinajstić information content (AvgIpc) is 2.85.